The number of rotatable bonds is 4. The average molecular weight is 282 g/mol. The Labute approximate surface area is 105 Å². The Kier molecular flexibility index (Phi) is 4.82. The molecule has 0 radical (unpaired) electrons. The van der Waals surface area contributed by atoms with Gasteiger partial charge in [0.25, 0.3) is 0 Å². The van der Waals surface area contributed by atoms with Gasteiger partial charge < -0.3 is 4.74 Å². The number of nitriles is 1. The summed E-state index contributed by atoms with van der Waals surface area (Å²) in [5.41, 5.74) is 0.966. The van der Waals surface area contributed by atoms with E-state index in [1.807, 2.05) is 18.2 Å². The molecule has 1 rings (SSSR count). The molecule has 0 N–H and O–H groups in total. The molecule has 2 nitrogen and oxygen atoms in total. The van der Waals surface area contributed by atoms with Crippen LogP contribution in [0.3, 0.4) is 0 Å². The van der Waals surface area contributed by atoms with Gasteiger partial charge in [0.15, 0.2) is 0 Å². The maximum absolute atomic E-state index is 9.22. The van der Waals surface area contributed by atoms with E-state index in [0.29, 0.717) is 5.92 Å². The minimum Gasteiger partial charge on any atom is -0.496 e. The number of hydrogen-bond acceptors (Lipinski definition) is 2. The fraction of sp³-hybridized carbons (Fsp3) is 0.462. The molecule has 1 aromatic carbocycles. The number of ether oxygens (including phenoxy) is 1. The van der Waals surface area contributed by atoms with E-state index in [1.165, 1.54) is 0 Å². The number of nitrogens with zero attached hydrogens (tertiary/aromatic N) is 1. The van der Waals surface area contributed by atoms with Crippen LogP contribution >= 0.6 is 15.9 Å². The van der Waals surface area contributed by atoms with Crippen molar-refractivity contribution in [3.8, 4) is 11.8 Å². The van der Waals surface area contributed by atoms with Crippen molar-refractivity contribution in [1.29, 1.82) is 5.26 Å². The van der Waals surface area contributed by atoms with Crippen LogP contribution in [0.5, 0.6) is 5.75 Å². The van der Waals surface area contributed by atoms with Gasteiger partial charge in [0.2, 0.25) is 0 Å². The first-order valence-corrected chi connectivity index (χ1v) is 6.10. The number of halogens is 1. The predicted octanol–water partition coefficient (Wildman–Crippen LogP) is 4.11. The number of hydrogen-bond donors (Lipinski definition) is 0. The molecule has 0 saturated heterocycles. The van der Waals surface area contributed by atoms with Gasteiger partial charge in [-0.25, -0.2) is 0 Å². The van der Waals surface area contributed by atoms with Crippen LogP contribution in [0.2, 0.25) is 0 Å². The van der Waals surface area contributed by atoms with Crippen molar-refractivity contribution >= 4 is 15.9 Å². The first-order chi connectivity index (χ1) is 7.58. The lowest BCUT2D eigenvalue weighted by Crippen LogP contribution is -2.03. The highest BCUT2D eigenvalue weighted by atomic mass is 79.9. The summed E-state index contributed by atoms with van der Waals surface area (Å²) >= 11 is 3.42. The molecule has 16 heavy (non-hydrogen) atoms. The SMILES string of the molecule is COc1ccc(Br)cc1C(C#N)CC(C)C. The lowest BCUT2D eigenvalue weighted by atomic mass is 9.91. The molecular weight excluding hydrogens is 266 g/mol. The Bertz CT molecular complexity index is 395. The highest BCUT2D eigenvalue weighted by molar-refractivity contribution is 9.10. The molecular formula is C13H16BrNO. The van der Waals surface area contributed by atoms with Gasteiger partial charge in [0.05, 0.1) is 19.1 Å². The maximum Gasteiger partial charge on any atom is 0.123 e. The van der Waals surface area contributed by atoms with Crippen molar-refractivity contribution in [2.45, 2.75) is 26.2 Å². The van der Waals surface area contributed by atoms with Gasteiger partial charge in [0, 0.05) is 10.0 Å². The van der Waals surface area contributed by atoms with Crippen molar-refractivity contribution < 1.29 is 4.74 Å². The van der Waals surface area contributed by atoms with Gasteiger partial charge in [-0.2, -0.15) is 5.26 Å². The Morgan fingerprint density at radius 1 is 1.44 bits per heavy atom. The van der Waals surface area contributed by atoms with E-state index >= 15 is 0 Å². The van der Waals surface area contributed by atoms with Crippen LogP contribution in [-0.4, -0.2) is 7.11 Å². The van der Waals surface area contributed by atoms with Gasteiger partial charge in [-0.15, -0.1) is 0 Å². The topological polar surface area (TPSA) is 33.0 Å². The second-order valence-corrected chi connectivity index (χ2v) is 5.11. The molecule has 0 aromatic heterocycles. The van der Waals surface area contributed by atoms with Crippen LogP contribution in [0.4, 0.5) is 0 Å². The Morgan fingerprint density at radius 3 is 2.62 bits per heavy atom. The van der Waals surface area contributed by atoms with Crippen LogP contribution in [0, 0.1) is 17.2 Å². The van der Waals surface area contributed by atoms with Gasteiger partial charge in [-0.1, -0.05) is 29.8 Å². The second kappa shape index (κ2) is 5.91. The summed E-state index contributed by atoms with van der Waals surface area (Å²) in [5, 5.41) is 9.22. The fourth-order valence-electron chi connectivity index (χ4n) is 1.70. The Hall–Kier alpha value is -1.01. The first kappa shape index (κ1) is 13.1. The molecule has 86 valence electrons. The highest BCUT2D eigenvalue weighted by Crippen LogP contribution is 2.32. The Morgan fingerprint density at radius 2 is 2.12 bits per heavy atom. The Balaban J connectivity index is 3.08. The molecule has 0 heterocycles. The third-order valence-electron chi connectivity index (χ3n) is 2.43. The van der Waals surface area contributed by atoms with Gasteiger partial charge >= 0.3 is 0 Å². The van der Waals surface area contributed by atoms with Crippen molar-refractivity contribution in [3.63, 3.8) is 0 Å². The van der Waals surface area contributed by atoms with E-state index in [2.05, 4.69) is 35.8 Å². The summed E-state index contributed by atoms with van der Waals surface area (Å²) in [6.07, 6.45) is 0.851. The molecule has 0 aliphatic carbocycles. The maximum atomic E-state index is 9.22. The monoisotopic (exact) mass is 281 g/mol. The zero-order valence-electron chi connectivity index (χ0n) is 9.83. The molecule has 0 bridgehead atoms. The number of benzene rings is 1. The molecule has 0 aliphatic rings. The largest absolute Gasteiger partial charge is 0.496 e. The summed E-state index contributed by atoms with van der Waals surface area (Å²) in [4.78, 5) is 0. The number of methoxy groups -OCH3 is 1. The molecule has 1 aromatic rings. The minimum absolute atomic E-state index is 0.104. The quantitative estimate of drug-likeness (QED) is 0.832. The lowest BCUT2D eigenvalue weighted by molar-refractivity contribution is 0.405. The van der Waals surface area contributed by atoms with E-state index in [9.17, 15) is 5.26 Å². The van der Waals surface area contributed by atoms with E-state index in [4.69, 9.17) is 4.74 Å². The molecule has 0 saturated carbocycles. The van der Waals surface area contributed by atoms with Crippen LogP contribution < -0.4 is 4.74 Å². The molecule has 0 amide bonds. The highest BCUT2D eigenvalue weighted by Gasteiger charge is 2.17. The predicted molar refractivity (Wildman–Crippen MR) is 68.5 cm³/mol. The summed E-state index contributed by atoms with van der Waals surface area (Å²) in [6.45, 7) is 4.24. The molecule has 1 unspecified atom stereocenters. The van der Waals surface area contributed by atoms with Crippen LogP contribution in [-0.2, 0) is 0 Å². The summed E-state index contributed by atoms with van der Waals surface area (Å²) in [7, 11) is 1.64. The van der Waals surface area contributed by atoms with Crippen molar-refractivity contribution in [2.24, 2.45) is 5.92 Å². The zero-order chi connectivity index (χ0) is 12.1. The van der Waals surface area contributed by atoms with Gasteiger partial charge in [-0.3, -0.25) is 0 Å². The van der Waals surface area contributed by atoms with E-state index in [0.717, 1.165) is 22.2 Å². The second-order valence-electron chi connectivity index (χ2n) is 4.20. The summed E-state index contributed by atoms with van der Waals surface area (Å²) in [5.74, 6) is 1.18. The lowest BCUT2D eigenvalue weighted by Gasteiger charge is -2.15. The van der Waals surface area contributed by atoms with Crippen LogP contribution in [0.15, 0.2) is 22.7 Å². The van der Waals surface area contributed by atoms with Crippen molar-refractivity contribution in [2.75, 3.05) is 7.11 Å². The van der Waals surface area contributed by atoms with Gasteiger partial charge in [0.1, 0.15) is 5.75 Å². The normalized spacial score (nSPS) is 12.2. The fourth-order valence-corrected chi connectivity index (χ4v) is 2.08. The minimum atomic E-state index is -0.104. The van der Waals surface area contributed by atoms with Crippen LogP contribution in [0.25, 0.3) is 0 Å². The summed E-state index contributed by atoms with van der Waals surface area (Å²) < 4.78 is 6.27. The molecule has 1 atom stereocenters. The molecule has 0 aliphatic heterocycles. The molecule has 0 fully saturated rings. The average Bonchev–Trinajstić information content (AvgIpc) is 2.25. The third-order valence-corrected chi connectivity index (χ3v) is 2.92. The molecule has 0 spiro atoms. The van der Waals surface area contributed by atoms with Crippen LogP contribution in [0.1, 0.15) is 31.7 Å². The smallest absolute Gasteiger partial charge is 0.123 e. The summed E-state index contributed by atoms with van der Waals surface area (Å²) in [6, 6.07) is 8.13. The van der Waals surface area contributed by atoms with E-state index in [-0.39, 0.29) is 5.92 Å². The third kappa shape index (κ3) is 3.24. The molecule has 3 heteroatoms. The van der Waals surface area contributed by atoms with E-state index in [1.54, 1.807) is 7.11 Å². The van der Waals surface area contributed by atoms with E-state index < -0.39 is 0 Å². The van der Waals surface area contributed by atoms with Crippen molar-refractivity contribution in [3.05, 3.63) is 28.2 Å². The zero-order valence-corrected chi connectivity index (χ0v) is 11.4. The van der Waals surface area contributed by atoms with Crippen molar-refractivity contribution in [1.82, 2.24) is 0 Å². The van der Waals surface area contributed by atoms with Gasteiger partial charge in [-0.05, 0) is 30.5 Å². The standard InChI is InChI=1S/C13H16BrNO/c1-9(2)6-10(8-15)12-7-11(14)4-5-13(12)16-3/h4-5,7,9-10H,6H2,1-3H3. The first-order valence-electron chi connectivity index (χ1n) is 5.31.